The second-order valence-electron chi connectivity index (χ2n) is 16.7. The van der Waals surface area contributed by atoms with Crippen LogP contribution < -0.4 is 0 Å². The first-order valence-electron chi connectivity index (χ1n) is 25.0. The zero-order valence-electron chi connectivity index (χ0n) is 38.6. The fraction of sp³-hybridized carbons (Fsp3) is 0.827. The van der Waals surface area contributed by atoms with Gasteiger partial charge in [0.15, 0.2) is 6.10 Å². The average molecular weight is 815 g/mol. The van der Waals surface area contributed by atoms with Crippen LogP contribution in [0, 0.1) is 0 Å². The van der Waals surface area contributed by atoms with Crippen molar-refractivity contribution in [2.75, 3.05) is 13.2 Å². The lowest BCUT2D eigenvalue weighted by molar-refractivity contribution is -0.167. The third-order valence-electron chi connectivity index (χ3n) is 10.8. The molecule has 0 rings (SSSR count). The fourth-order valence-electron chi connectivity index (χ4n) is 7.02. The predicted octanol–water partition coefficient (Wildman–Crippen LogP) is 16.1. The summed E-state index contributed by atoms with van der Waals surface area (Å²) in [7, 11) is 0. The van der Waals surface area contributed by atoms with E-state index in [1.807, 2.05) is 0 Å². The molecule has 0 aliphatic heterocycles. The highest BCUT2D eigenvalue weighted by Crippen LogP contribution is 2.14. The molecule has 0 aromatic rings. The maximum atomic E-state index is 12.7. The number of rotatable bonds is 45. The molecule has 0 aromatic heterocycles. The lowest BCUT2D eigenvalue weighted by atomic mass is 10.1. The summed E-state index contributed by atoms with van der Waals surface area (Å²) >= 11 is 0. The fourth-order valence-corrected chi connectivity index (χ4v) is 7.02. The lowest BCUT2D eigenvalue weighted by Crippen LogP contribution is -2.30. The van der Waals surface area contributed by atoms with Crippen LogP contribution in [0.25, 0.3) is 0 Å². The Balaban J connectivity index is 4.34. The molecule has 0 aromatic carbocycles. The minimum absolute atomic E-state index is 0.0899. The van der Waals surface area contributed by atoms with Crippen LogP contribution in [0.15, 0.2) is 36.5 Å². The summed E-state index contributed by atoms with van der Waals surface area (Å²) in [6.07, 6.45) is 54.3. The van der Waals surface area contributed by atoms with E-state index in [4.69, 9.17) is 14.2 Å². The topological polar surface area (TPSA) is 78.9 Å². The Morgan fingerprint density at radius 3 is 0.966 bits per heavy atom. The molecule has 1 atom stereocenters. The number of hydrogen-bond acceptors (Lipinski definition) is 6. The molecule has 0 amide bonds. The predicted molar refractivity (Wildman–Crippen MR) is 247 cm³/mol. The molecule has 0 saturated carbocycles. The van der Waals surface area contributed by atoms with Gasteiger partial charge in [-0.05, 0) is 89.9 Å². The van der Waals surface area contributed by atoms with Gasteiger partial charge in [0.1, 0.15) is 13.2 Å². The first-order chi connectivity index (χ1) is 28.5. The van der Waals surface area contributed by atoms with Crippen LogP contribution in [0.1, 0.15) is 258 Å². The largest absolute Gasteiger partial charge is 0.462 e. The third-order valence-corrected chi connectivity index (χ3v) is 10.8. The summed E-state index contributed by atoms with van der Waals surface area (Å²) < 4.78 is 16.7. The van der Waals surface area contributed by atoms with Crippen LogP contribution >= 0.6 is 0 Å². The zero-order chi connectivity index (χ0) is 42.3. The van der Waals surface area contributed by atoms with E-state index in [2.05, 4.69) is 57.2 Å². The molecular formula is C52H94O6. The van der Waals surface area contributed by atoms with Gasteiger partial charge in [-0.15, -0.1) is 0 Å². The maximum Gasteiger partial charge on any atom is 0.306 e. The highest BCUT2D eigenvalue weighted by molar-refractivity contribution is 5.71. The average Bonchev–Trinajstić information content (AvgIpc) is 3.22. The summed E-state index contributed by atoms with van der Waals surface area (Å²) in [5.74, 6) is -0.946. The van der Waals surface area contributed by atoms with Crippen molar-refractivity contribution in [2.45, 2.75) is 264 Å². The Morgan fingerprint density at radius 2 is 0.586 bits per heavy atom. The summed E-state index contributed by atoms with van der Waals surface area (Å²) in [6, 6.07) is 0. The number of unbranched alkanes of at least 4 members (excludes halogenated alkanes) is 28. The quantitative estimate of drug-likeness (QED) is 0.0264. The van der Waals surface area contributed by atoms with Gasteiger partial charge in [-0.25, -0.2) is 0 Å². The molecule has 0 aliphatic carbocycles. The molecule has 6 heteroatoms. The minimum Gasteiger partial charge on any atom is -0.462 e. The number of carbonyl (C=O) groups is 3. The van der Waals surface area contributed by atoms with Crippen LogP contribution in [0.2, 0.25) is 0 Å². The van der Waals surface area contributed by atoms with Gasteiger partial charge in [-0.1, -0.05) is 186 Å². The Hall–Kier alpha value is -2.37. The van der Waals surface area contributed by atoms with Crippen molar-refractivity contribution in [2.24, 2.45) is 0 Å². The Bertz CT molecular complexity index is 984. The molecule has 338 valence electrons. The van der Waals surface area contributed by atoms with Crippen molar-refractivity contribution in [3.05, 3.63) is 36.5 Å². The van der Waals surface area contributed by atoms with E-state index < -0.39 is 6.10 Å². The van der Waals surface area contributed by atoms with Gasteiger partial charge < -0.3 is 14.2 Å². The standard InChI is InChI=1S/C52H94O6/c1-4-7-10-13-16-19-21-23-24-25-26-27-29-30-33-36-39-42-45-51(54)57-48-49(47-56-50(53)44-41-38-35-32-18-15-12-9-6-3)58-52(55)46-43-40-37-34-31-28-22-20-17-14-11-8-5-2/h26-28,31-32,35,49H,4-25,29-30,33-34,36-48H2,1-3H3/b27-26-,31-28-,35-32-. The summed E-state index contributed by atoms with van der Waals surface area (Å²) in [4.78, 5) is 37.8. The first-order valence-corrected chi connectivity index (χ1v) is 25.0. The van der Waals surface area contributed by atoms with E-state index in [1.54, 1.807) is 0 Å². The molecule has 58 heavy (non-hydrogen) atoms. The maximum absolute atomic E-state index is 12.7. The minimum atomic E-state index is -0.790. The van der Waals surface area contributed by atoms with Crippen LogP contribution in [0.3, 0.4) is 0 Å². The monoisotopic (exact) mass is 815 g/mol. The zero-order valence-corrected chi connectivity index (χ0v) is 38.6. The normalized spacial score (nSPS) is 12.3. The van der Waals surface area contributed by atoms with Crippen LogP contribution in [0.4, 0.5) is 0 Å². The highest BCUT2D eigenvalue weighted by Gasteiger charge is 2.19. The molecular weight excluding hydrogens is 721 g/mol. The smallest absolute Gasteiger partial charge is 0.306 e. The van der Waals surface area contributed by atoms with Gasteiger partial charge in [-0.3, -0.25) is 14.4 Å². The molecule has 0 fully saturated rings. The molecule has 0 heterocycles. The van der Waals surface area contributed by atoms with Crippen molar-refractivity contribution < 1.29 is 28.6 Å². The number of allylic oxidation sites excluding steroid dienone is 6. The van der Waals surface area contributed by atoms with Gasteiger partial charge in [0.2, 0.25) is 0 Å². The number of carbonyl (C=O) groups excluding carboxylic acids is 3. The van der Waals surface area contributed by atoms with E-state index in [0.717, 1.165) is 70.6 Å². The molecule has 0 saturated heterocycles. The molecule has 0 bridgehead atoms. The molecule has 0 N–H and O–H groups in total. The lowest BCUT2D eigenvalue weighted by Gasteiger charge is -2.18. The van der Waals surface area contributed by atoms with Gasteiger partial charge in [0.25, 0.3) is 0 Å². The van der Waals surface area contributed by atoms with Gasteiger partial charge in [0, 0.05) is 19.3 Å². The van der Waals surface area contributed by atoms with Crippen LogP contribution in [-0.2, 0) is 28.6 Å². The van der Waals surface area contributed by atoms with Gasteiger partial charge in [0.05, 0.1) is 0 Å². The van der Waals surface area contributed by atoms with Gasteiger partial charge in [-0.2, -0.15) is 0 Å². The summed E-state index contributed by atoms with van der Waals surface area (Å²) in [5.41, 5.74) is 0. The van der Waals surface area contributed by atoms with Crippen molar-refractivity contribution >= 4 is 17.9 Å². The Kier molecular flexibility index (Phi) is 45.4. The molecule has 0 radical (unpaired) electrons. The van der Waals surface area contributed by atoms with Crippen molar-refractivity contribution in [3.8, 4) is 0 Å². The summed E-state index contributed by atoms with van der Waals surface area (Å²) in [6.45, 7) is 6.56. The van der Waals surface area contributed by atoms with E-state index in [9.17, 15) is 14.4 Å². The number of ether oxygens (including phenoxy) is 3. The van der Waals surface area contributed by atoms with E-state index in [-0.39, 0.29) is 31.1 Å². The van der Waals surface area contributed by atoms with Crippen LogP contribution in [-0.4, -0.2) is 37.2 Å². The molecule has 1 unspecified atom stereocenters. The van der Waals surface area contributed by atoms with E-state index in [1.165, 1.54) is 141 Å². The van der Waals surface area contributed by atoms with E-state index in [0.29, 0.717) is 25.7 Å². The first kappa shape index (κ1) is 55.6. The number of esters is 3. The molecule has 6 nitrogen and oxygen atoms in total. The van der Waals surface area contributed by atoms with Crippen molar-refractivity contribution in [1.82, 2.24) is 0 Å². The SMILES string of the molecule is CCCCCC/C=C\CCCC(=O)OCC(COC(=O)CCCCCCC/C=C\CCCCCCCCCCC)OC(=O)CCCCC/C=C\CCCCCCCC. The Labute approximate surface area is 359 Å². The van der Waals surface area contributed by atoms with Gasteiger partial charge >= 0.3 is 17.9 Å². The molecule has 0 aliphatic rings. The second kappa shape index (κ2) is 47.3. The van der Waals surface area contributed by atoms with Crippen molar-refractivity contribution in [3.63, 3.8) is 0 Å². The highest BCUT2D eigenvalue weighted by atomic mass is 16.6. The summed E-state index contributed by atoms with van der Waals surface area (Å²) in [5, 5.41) is 0. The Morgan fingerprint density at radius 1 is 0.328 bits per heavy atom. The second-order valence-corrected chi connectivity index (χ2v) is 16.7. The van der Waals surface area contributed by atoms with Crippen LogP contribution in [0.5, 0.6) is 0 Å². The third kappa shape index (κ3) is 44.7. The van der Waals surface area contributed by atoms with E-state index >= 15 is 0 Å². The molecule has 0 spiro atoms. The number of hydrogen-bond donors (Lipinski definition) is 0. The van der Waals surface area contributed by atoms with Crippen molar-refractivity contribution in [1.29, 1.82) is 0 Å².